The van der Waals surface area contributed by atoms with Crippen molar-refractivity contribution in [1.82, 2.24) is 25.2 Å². The van der Waals surface area contributed by atoms with Gasteiger partial charge in [0.1, 0.15) is 0 Å². The van der Waals surface area contributed by atoms with Gasteiger partial charge >= 0.3 is 0 Å². The first-order chi connectivity index (χ1) is 17.1. The lowest BCUT2D eigenvalue weighted by Crippen LogP contribution is -2.11. The van der Waals surface area contributed by atoms with Crippen LogP contribution in [0.25, 0.3) is 17.0 Å². The van der Waals surface area contributed by atoms with Crippen molar-refractivity contribution in [2.24, 2.45) is 0 Å². The number of benzene rings is 2. The van der Waals surface area contributed by atoms with Crippen molar-refractivity contribution in [2.75, 3.05) is 20.1 Å². The van der Waals surface area contributed by atoms with Gasteiger partial charge in [0.15, 0.2) is 12.2 Å². The molecule has 1 aliphatic heterocycles. The molecule has 0 spiro atoms. The van der Waals surface area contributed by atoms with Crippen LogP contribution in [0.5, 0.6) is 0 Å². The van der Waals surface area contributed by atoms with Gasteiger partial charge in [0.25, 0.3) is 6.47 Å². The third-order valence-electron chi connectivity index (χ3n) is 4.90. The molecule has 5 rings (SSSR count). The standard InChI is InChI=1S/C11H13N3.C10H9NO.C4H9NO.CH2O2.CH4/c1-12-8-10-3-2-4-11(7-10)14-6-5-13-9-14;1-8-2-4-9(5-3-8)10-6-11-7-12-10;6-4-1-2-5-3-4;2-1-3;/h2-7,9,12H,8H2,1H3;2-7H,1H3;4-6H,1-3H2;1H,(H,2,3);1H4. The van der Waals surface area contributed by atoms with E-state index in [1.54, 1.807) is 18.7 Å². The third kappa shape index (κ3) is 11.1. The maximum atomic E-state index is 8.67. The number of hydrogen-bond acceptors (Lipinski definition) is 7. The Morgan fingerprint density at radius 1 is 1.22 bits per heavy atom. The summed E-state index contributed by atoms with van der Waals surface area (Å²) in [5.74, 6) is 0.815. The van der Waals surface area contributed by atoms with Gasteiger partial charge in [0, 0.05) is 36.7 Å². The number of hydrogen-bond donors (Lipinski definition) is 4. The molecular weight excluding hydrogens is 458 g/mol. The molecule has 0 bridgehead atoms. The minimum Gasteiger partial charge on any atom is -0.483 e. The minimum atomic E-state index is -0.250. The van der Waals surface area contributed by atoms with E-state index >= 15 is 0 Å². The number of rotatable bonds is 4. The molecule has 0 radical (unpaired) electrons. The highest BCUT2D eigenvalue weighted by atomic mass is 16.3. The smallest absolute Gasteiger partial charge is 0.290 e. The Kier molecular flexibility index (Phi) is 14.8. The molecule has 1 atom stereocenters. The number of carboxylic acid groups (broad SMARTS) is 1. The molecule has 9 heteroatoms. The first-order valence-electron chi connectivity index (χ1n) is 11.2. The number of aliphatic hydroxyl groups excluding tert-OH is 1. The van der Waals surface area contributed by atoms with Crippen LogP contribution in [0, 0.1) is 6.92 Å². The van der Waals surface area contributed by atoms with E-state index in [0.29, 0.717) is 0 Å². The first-order valence-corrected chi connectivity index (χ1v) is 11.2. The van der Waals surface area contributed by atoms with Crippen LogP contribution >= 0.6 is 0 Å². The van der Waals surface area contributed by atoms with Crippen LogP contribution in [0.1, 0.15) is 25.0 Å². The van der Waals surface area contributed by atoms with Crippen LogP contribution in [0.4, 0.5) is 0 Å². The van der Waals surface area contributed by atoms with E-state index in [0.717, 1.165) is 43.1 Å². The fourth-order valence-electron chi connectivity index (χ4n) is 3.16. The number of aliphatic hydroxyl groups is 1. The van der Waals surface area contributed by atoms with Gasteiger partial charge in [-0.25, -0.2) is 9.97 Å². The summed E-state index contributed by atoms with van der Waals surface area (Å²) in [5.41, 5.74) is 4.74. The zero-order valence-electron chi connectivity index (χ0n) is 20.0. The number of β-amino-alcohol motifs (C(OH)–C–C–N with tert-alkyl or cyclic N) is 1. The highest BCUT2D eigenvalue weighted by molar-refractivity contribution is 5.56. The first kappa shape index (κ1) is 30.2. The lowest BCUT2D eigenvalue weighted by atomic mass is 10.1. The normalized spacial score (nSPS) is 13.5. The van der Waals surface area contributed by atoms with E-state index in [1.165, 1.54) is 17.5 Å². The van der Waals surface area contributed by atoms with E-state index in [1.807, 2.05) is 29.9 Å². The lowest BCUT2D eigenvalue weighted by Gasteiger charge is -2.04. The van der Waals surface area contributed by atoms with Crippen molar-refractivity contribution in [3.05, 3.63) is 91.0 Å². The molecular formula is C27H37N5O4. The monoisotopic (exact) mass is 495 g/mol. The van der Waals surface area contributed by atoms with Crippen molar-refractivity contribution in [3.8, 4) is 17.0 Å². The van der Waals surface area contributed by atoms with Crippen LogP contribution in [-0.4, -0.2) is 57.5 Å². The van der Waals surface area contributed by atoms with E-state index < -0.39 is 0 Å². The molecule has 2 aromatic carbocycles. The highest BCUT2D eigenvalue weighted by Crippen LogP contribution is 2.18. The summed E-state index contributed by atoms with van der Waals surface area (Å²) in [6, 6.07) is 16.5. The fourth-order valence-corrected chi connectivity index (χ4v) is 3.16. The fraction of sp³-hybridized carbons (Fsp3) is 0.296. The van der Waals surface area contributed by atoms with Gasteiger partial charge in [-0.15, -0.1) is 0 Å². The molecule has 0 amide bonds. The van der Waals surface area contributed by atoms with Crippen LogP contribution < -0.4 is 10.6 Å². The zero-order valence-corrected chi connectivity index (χ0v) is 20.0. The second-order valence-electron chi connectivity index (χ2n) is 7.65. The molecule has 3 heterocycles. The maximum absolute atomic E-state index is 8.67. The molecule has 36 heavy (non-hydrogen) atoms. The summed E-state index contributed by atoms with van der Waals surface area (Å²) in [5, 5.41) is 21.7. The quantitative estimate of drug-likeness (QED) is 0.314. The SMILES string of the molecule is C.CNCc1cccc(-n2ccnc2)c1.Cc1ccc(-c2cnco2)cc1.O=CO.OC1CCNC1. The number of nitrogens with zero attached hydrogens (tertiary/aromatic N) is 3. The van der Waals surface area contributed by atoms with Gasteiger partial charge < -0.3 is 29.8 Å². The Labute approximate surface area is 212 Å². The number of carbonyl (C=O) groups is 1. The molecule has 194 valence electrons. The average molecular weight is 496 g/mol. The van der Waals surface area contributed by atoms with Crippen molar-refractivity contribution < 1.29 is 19.4 Å². The molecule has 0 aliphatic carbocycles. The summed E-state index contributed by atoms with van der Waals surface area (Å²) < 4.78 is 7.15. The van der Waals surface area contributed by atoms with E-state index in [-0.39, 0.29) is 20.0 Å². The summed E-state index contributed by atoms with van der Waals surface area (Å²) >= 11 is 0. The van der Waals surface area contributed by atoms with Crippen molar-refractivity contribution in [3.63, 3.8) is 0 Å². The van der Waals surface area contributed by atoms with Crippen LogP contribution in [-0.2, 0) is 11.3 Å². The van der Waals surface area contributed by atoms with Gasteiger partial charge in [0.2, 0.25) is 0 Å². The molecule has 4 aromatic rings. The van der Waals surface area contributed by atoms with Crippen LogP contribution in [0.2, 0.25) is 0 Å². The molecule has 4 N–H and O–H groups in total. The number of nitrogens with one attached hydrogen (secondary N) is 2. The topological polar surface area (TPSA) is 125 Å². The zero-order chi connectivity index (χ0) is 25.3. The molecule has 0 saturated carbocycles. The minimum absolute atomic E-state index is 0. The van der Waals surface area contributed by atoms with Gasteiger partial charge in [-0.1, -0.05) is 49.4 Å². The molecule has 2 aromatic heterocycles. The summed E-state index contributed by atoms with van der Waals surface area (Å²) in [4.78, 5) is 16.2. The maximum Gasteiger partial charge on any atom is 0.290 e. The van der Waals surface area contributed by atoms with E-state index in [2.05, 4.69) is 63.9 Å². The average Bonchev–Trinajstić information content (AvgIpc) is 3.65. The van der Waals surface area contributed by atoms with E-state index in [4.69, 9.17) is 19.4 Å². The number of aromatic nitrogens is 3. The Hall–Kier alpha value is -3.79. The largest absolute Gasteiger partial charge is 0.483 e. The number of aryl methyl sites for hydroxylation is 1. The third-order valence-corrected chi connectivity index (χ3v) is 4.90. The molecule has 9 nitrogen and oxygen atoms in total. The Morgan fingerprint density at radius 3 is 2.47 bits per heavy atom. The van der Waals surface area contributed by atoms with E-state index in [9.17, 15) is 0 Å². The molecule has 1 aliphatic rings. The van der Waals surface area contributed by atoms with Gasteiger partial charge in [-0.2, -0.15) is 0 Å². The summed E-state index contributed by atoms with van der Waals surface area (Å²) in [6.45, 7) is 4.48. The summed E-state index contributed by atoms with van der Waals surface area (Å²) in [6.07, 6.45) is 9.55. The van der Waals surface area contributed by atoms with Gasteiger partial charge in [-0.05, 0) is 44.6 Å². The Bertz CT molecular complexity index is 1060. The van der Waals surface area contributed by atoms with Gasteiger partial charge in [0.05, 0.1) is 18.6 Å². The second-order valence-corrected chi connectivity index (χ2v) is 7.65. The Morgan fingerprint density at radius 2 is 1.97 bits per heavy atom. The Balaban J connectivity index is 0.000000267. The van der Waals surface area contributed by atoms with Gasteiger partial charge in [-0.3, -0.25) is 4.79 Å². The predicted octanol–water partition coefficient (Wildman–Crippen LogP) is 3.92. The summed E-state index contributed by atoms with van der Waals surface area (Å²) in [7, 11) is 1.95. The predicted molar refractivity (Wildman–Crippen MR) is 142 cm³/mol. The molecule has 1 unspecified atom stereocenters. The molecule has 1 saturated heterocycles. The number of oxazole rings is 1. The van der Waals surface area contributed by atoms with Crippen LogP contribution in [0.3, 0.4) is 0 Å². The highest BCUT2D eigenvalue weighted by Gasteiger charge is 2.08. The number of imidazole rings is 1. The molecule has 1 fully saturated rings. The van der Waals surface area contributed by atoms with Crippen molar-refractivity contribution in [2.45, 2.75) is 33.4 Å². The van der Waals surface area contributed by atoms with Crippen molar-refractivity contribution in [1.29, 1.82) is 0 Å². The van der Waals surface area contributed by atoms with Crippen LogP contribution in [0.15, 0.2) is 84.3 Å². The lowest BCUT2D eigenvalue weighted by molar-refractivity contribution is -0.122. The van der Waals surface area contributed by atoms with Crippen molar-refractivity contribution >= 4 is 6.47 Å². The second kappa shape index (κ2) is 17.6.